The number of alkyl halides is 3. The number of fused-ring (bicyclic) bond motifs is 2. The second-order valence-electron chi connectivity index (χ2n) is 3.82. The summed E-state index contributed by atoms with van der Waals surface area (Å²) < 4.78 is 44.1. The molecule has 2 saturated heterocycles. The lowest BCUT2D eigenvalue weighted by atomic mass is 10.1. The highest BCUT2D eigenvalue weighted by Crippen LogP contribution is 2.19. The van der Waals surface area contributed by atoms with Crippen LogP contribution < -0.4 is 5.32 Å². The molecule has 16 heavy (non-hydrogen) atoms. The Morgan fingerprint density at radius 3 is 2.38 bits per heavy atom. The number of ether oxygens (including phenoxy) is 2. The van der Waals surface area contributed by atoms with Crippen molar-refractivity contribution in [2.24, 2.45) is 0 Å². The van der Waals surface area contributed by atoms with Crippen molar-refractivity contribution in [2.45, 2.75) is 18.4 Å². The maximum Gasteiger partial charge on any atom is 0.576 e. The lowest BCUT2D eigenvalue weighted by Crippen LogP contribution is -2.63. The van der Waals surface area contributed by atoms with E-state index in [2.05, 4.69) is 10.1 Å². The van der Waals surface area contributed by atoms with Crippen molar-refractivity contribution in [1.29, 1.82) is 0 Å². The fourth-order valence-electron chi connectivity index (χ4n) is 1.91. The minimum atomic E-state index is -4.92. The molecule has 8 heteroatoms. The van der Waals surface area contributed by atoms with E-state index in [4.69, 9.17) is 4.74 Å². The fourth-order valence-corrected chi connectivity index (χ4v) is 1.91. The second-order valence-corrected chi connectivity index (χ2v) is 3.82. The van der Waals surface area contributed by atoms with Gasteiger partial charge in [0.15, 0.2) is 0 Å². The summed E-state index contributed by atoms with van der Waals surface area (Å²) in [5.74, 6) is 0. The van der Waals surface area contributed by atoms with Gasteiger partial charge in [0.25, 0.3) is 0 Å². The van der Waals surface area contributed by atoms with E-state index in [0.29, 0.717) is 13.2 Å². The van der Waals surface area contributed by atoms with Crippen LogP contribution in [0.2, 0.25) is 0 Å². The highest BCUT2D eigenvalue weighted by Gasteiger charge is 2.39. The van der Waals surface area contributed by atoms with Crippen LogP contribution in [-0.4, -0.2) is 55.7 Å². The number of rotatable bonds is 0. The molecule has 92 valence electrons. The van der Waals surface area contributed by atoms with Gasteiger partial charge < -0.3 is 19.7 Å². The summed E-state index contributed by atoms with van der Waals surface area (Å²) >= 11 is 0. The summed E-state index contributed by atoms with van der Waals surface area (Å²) in [5.41, 5.74) is 0. The molecule has 2 heterocycles. The van der Waals surface area contributed by atoms with Crippen LogP contribution in [0.15, 0.2) is 0 Å². The Balaban J connectivity index is 1.92. The van der Waals surface area contributed by atoms with Gasteiger partial charge in [0, 0.05) is 25.2 Å². The first-order valence-corrected chi connectivity index (χ1v) is 4.82. The van der Waals surface area contributed by atoms with Crippen LogP contribution in [0.1, 0.15) is 0 Å². The van der Waals surface area contributed by atoms with Crippen LogP contribution in [0.4, 0.5) is 18.0 Å². The molecule has 2 aliphatic heterocycles. The third kappa shape index (κ3) is 2.76. The third-order valence-electron chi connectivity index (χ3n) is 2.45. The lowest BCUT2D eigenvalue weighted by molar-refractivity contribution is -0.295. The molecule has 2 fully saturated rings. The van der Waals surface area contributed by atoms with Crippen LogP contribution >= 0.6 is 0 Å². The molecule has 0 aromatic carbocycles. The van der Waals surface area contributed by atoms with E-state index in [-0.39, 0.29) is 25.2 Å². The van der Waals surface area contributed by atoms with Crippen molar-refractivity contribution < 1.29 is 27.4 Å². The van der Waals surface area contributed by atoms with E-state index >= 15 is 0 Å². The topological polar surface area (TPSA) is 50.8 Å². The largest absolute Gasteiger partial charge is 0.576 e. The zero-order valence-electron chi connectivity index (χ0n) is 8.29. The SMILES string of the molecule is O=C(OC(F)(F)F)N1CC2COCC(C1)N2. The zero-order valence-corrected chi connectivity index (χ0v) is 8.29. The molecule has 5 nitrogen and oxygen atoms in total. The summed E-state index contributed by atoms with van der Waals surface area (Å²) in [6, 6.07) is -0.235. The number of hydrogen-bond donors (Lipinski definition) is 1. The van der Waals surface area contributed by atoms with Crippen LogP contribution in [0.3, 0.4) is 0 Å². The molecule has 0 radical (unpaired) electrons. The Labute approximate surface area is 89.5 Å². The highest BCUT2D eigenvalue weighted by atomic mass is 19.4. The molecule has 2 aliphatic rings. The maximum atomic E-state index is 11.8. The van der Waals surface area contributed by atoms with E-state index in [1.165, 1.54) is 0 Å². The first-order valence-electron chi connectivity index (χ1n) is 4.82. The van der Waals surface area contributed by atoms with Crippen molar-refractivity contribution in [3.63, 3.8) is 0 Å². The summed E-state index contributed by atoms with van der Waals surface area (Å²) in [6.07, 6.45) is -6.26. The molecule has 2 rings (SSSR count). The van der Waals surface area contributed by atoms with Gasteiger partial charge in [-0.05, 0) is 0 Å². The van der Waals surface area contributed by atoms with Crippen LogP contribution in [0.25, 0.3) is 0 Å². The Kier molecular flexibility index (Phi) is 2.94. The first kappa shape index (κ1) is 11.5. The van der Waals surface area contributed by atoms with Crippen molar-refractivity contribution in [2.75, 3.05) is 26.3 Å². The average molecular weight is 240 g/mol. The van der Waals surface area contributed by atoms with Crippen LogP contribution in [0, 0.1) is 0 Å². The monoisotopic (exact) mass is 240 g/mol. The molecule has 2 bridgehead atoms. The Morgan fingerprint density at radius 1 is 1.31 bits per heavy atom. The Bertz CT molecular complexity index is 272. The Hall–Kier alpha value is -1.02. The van der Waals surface area contributed by atoms with Gasteiger partial charge in [-0.25, -0.2) is 4.79 Å². The minimum absolute atomic E-state index is 0.117. The quantitative estimate of drug-likeness (QED) is 0.662. The molecule has 0 aromatic rings. The number of piperazine rings is 1. The summed E-state index contributed by atoms with van der Waals surface area (Å²) in [5, 5.41) is 3.14. The normalized spacial score (nSPS) is 30.1. The molecular formula is C8H11F3N2O3. The van der Waals surface area contributed by atoms with Gasteiger partial charge in [-0.2, -0.15) is 0 Å². The van der Waals surface area contributed by atoms with E-state index in [9.17, 15) is 18.0 Å². The van der Waals surface area contributed by atoms with Crippen molar-refractivity contribution in [1.82, 2.24) is 10.2 Å². The summed E-state index contributed by atoms with van der Waals surface area (Å²) in [4.78, 5) is 12.2. The maximum absolute atomic E-state index is 11.8. The number of nitrogens with zero attached hydrogens (tertiary/aromatic N) is 1. The van der Waals surface area contributed by atoms with Gasteiger partial charge in [0.1, 0.15) is 0 Å². The summed E-state index contributed by atoms with van der Waals surface area (Å²) in [6.45, 7) is 1.13. The predicted octanol–water partition coefficient (Wildman–Crippen LogP) is 0.315. The predicted molar refractivity (Wildman–Crippen MR) is 45.6 cm³/mol. The molecule has 0 spiro atoms. The van der Waals surface area contributed by atoms with Crippen molar-refractivity contribution >= 4 is 6.09 Å². The molecule has 1 N–H and O–H groups in total. The molecule has 1 amide bonds. The molecular weight excluding hydrogens is 229 g/mol. The molecule has 2 unspecified atom stereocenters. The van der Waals surface area contributed by atoms with Gasteiger partial charge in [0.2, 0.25) is 0 Å². The zero-order chi connectivity index (χ0) is 11.8. The lowest BCUT2D eigenvalue weighted by Gasteiger charge is -2.41. The van der Waals surface area contributed by atoms with Gasteiger partial charge >= 0.3 is 12.5 Å². The molecule has 2 atom stereocenters. The van der Waals surface area contributed by atoms with Crippen LogP contribution in [-0.2, 0) is 9.47 Å². The molecule has 0 saturated carbocycles. The van der Waals surface area contributed by atoms with E-state index in [0.717, 1.165) is 4.90 Å². The highest BCUT2D eigenvalue weighted by molar-refractivity contribution is 5.68. The van der Waals surface area contributed by atoms with Gasteiger partial charge in [0.05, 0.1) is 13.2 Å². The fraction of sp³-hybridized carbons (Fsp3) is 0.875. The number of hydrogen-bond acceptors (Lipinski definition) is 4. The Morgan fingerprint density at radius 2 is 1.88 bits per heavy atom. The average Bonchev–Trinajstić information content (AvgIpc) is 2.14. The first-order chi connectivity index (χ1) is 7.44. The molecule has 0 aromatic heterocycles. The van der Waals surface area contributed by atoms with E-state index in [1.54, 1.807) is 0 Å². The third-order valence-corrected chi connectivity index (χ3v) is 2.45. The second kappa shape index (κ2) is 4.10. The van der Waals surface area contributed by atoms with Crippen molar-refractivity contribution in [3.8, 4) is 0 Å². The van der Waals surface area contributed by atoms with Gasteiger partial charge in [-0.15, -0.1) is 13.2 Å². The van der Waals surface area contributed by atoms with E-state index < -0.39 is 12.5 Å². The van der Waals surface area contributed by atoms with Crippen LogP contribution in [0.5, 0.6) is 0 Å². The van der Waals surface area contributed by atoms with Crippen molar-refractivity contribution in [3.05, 3.63) is 0 Å². The van der Waals surface area contributed by atoms with E-state index in [1.807, 2.05) is 0 Å². The smallest absolute Gasteiger partial charge is 0.378 e. The molecule has 0 aliphatic carbocycles. The number of morpholine rings is 1. The number of amides is 1. The minimum Gasteiger partial charge on any atom is -0.378 e. The number of nitrogens with one attached hydrogen (secondary N) is 1. The number of carbonyl (C=O) groups excluding carboxylic acids is 1. The van der Waals surface area contributed by atoms with Gasteiger partial charge in [-0.1, -0.05) is 0 Å². The van der Waals surface area contributed by atoms with Gasteiger partial charge in [-0.3, -0.25) is 0 Å². The number of halogens is 3. The standard InChI is InChI=1S/C8H11F3N2O3/c9-8(10,11)16-7(14)13-1-5-3-15-4-6(2-13)12-5/h5-6,12H,1-4H2. The number of carbonyl (C=O) groups is 1. The summed E-state index contributed by atoms with van der Waals surface area (Å²) in [7, 11) is 0.